The van der Waals surface area contributed by atoms with E-state index < -0.39 is 10.2 Å². The summed E-state index contributed by atoms with van der Waals surface area (Å²) in [5, 5.41) is 0. The number of hydrogen-bond donors (Lipinski definition) is 2. The van der Waals surface area contributed by atoms with Crippen LogP contribution in [0.2, 0.25) is 0 Å². The van der Waals surface area contributed by atoms with Crippen molar-refractivity contribution in [1.29, 1.82) is 0 Å². The second kappa shape index (κ2) is 9.34. The van der Waals surface area contributed by atoms with E-state index in [1.54, 1.807) is 0 Å². The molecule has 2 N–H and O–H groups in total. The van der Waals surface area contributed by atoms with Crippen LogP contribution in [-0.2, 0) is 21.4 Å². The molecule has 0 aromatic heterocycles. The predicted octanol–water partition coefficient (Wildman–Crippen LogP) is 0.764. The number of nitrogens with one attached hydrogen (secondary N) is 2. The van der Waals surface area contributed by atoms with Crippen LogP contribution in [0.5, 0.6) is 0 Å². The van der Waals surface area contributed by atoms with E-state index >= 15 is 0 Å². The number of benzene rings is 1. The summed E-state index contributed by atoms with van der Waals surface area (Å²) in [7, 11) is -3.43. The predicted molar refractivity (Wildman–Crippen MR) is 91.5 cm³/mol. The van der Waals surface area contributed by atoms with Gasteiger partial charge in [-0.25, -0.2) is 9.44 Å². The highest BCUT2D eigenvalue weighted by Gasteiger charge is 2.23. The molecular formula is C16H27N3O3S. The van der Waals surface area contributed by atoms with Gasteiger partial charge in [0.15, 0.2) is 0 Å². The highest BCUT2D eigenvalue weighted by atomic mass is 32.2. The fourth-order valence-electron chi connectivity index (χ4n) is 2.65. The molecule has 1 heterocycles. The maximum atomic E-state index is 12.0. The molecule has 0 aliphatic carbocycles. The zero-order chi connectivity index (χ0) is 16.5. The van der Waals surface area contributed by atoms with Gasteiger partial charge in [0.05, 0.1) is 13.2 Å². The molecule has 1 aliphatic rings. The van der Waals surface area contributed by atoms with E-state index in [1.807, 2.05) is 25.1 Å². The summed E-state index contributed by atoms with van der Waals surface area (Å²) in [6.45, 7) is 5.86. The second-order valence-electron chi connectivity index (χ2n) is 5.74. The molecule has 2 rings (SSSR count). The lowest BCUT2D eigenvalue weighted by Gasteiger charge is -2.34. The van der Waals surface area contributed by atoms with Crippen LogP contribution in [-0.4, -0.2) is 58.8 Å². The molecule has 130 valence electrons. The third kappa shape index (κ3) is 6.56. The Labute approximate surface area is 139 Å². The summed E-state index contributed by atoms with van der Waals surface area (Å²) >= 11 is 0. The fourth-order valence-corrected chi connectivity index (χ4v) is 3.64. The van der Waals surface area contributed by atoms with Crippen LogP contribution < -0.4 is 9.44 Å². The Bertz CT molecular complexity index is 545. The highest BCUT2D eigenvalue weighted by Crippen LogP contribution is 2.11. The first-order chi connectivity index (χ1) is 11.1. The lowest BCUT2D eigenvalue weighted by Crippen LogP contribution is -2.51. The molecule has 0 spiro atoms. The van der Waals surface area contributed by atoms with Gasteiger partial charge in [0.25, 0.3) is 10.2 Å². The summed E-state index contributed by atoms with van der Waals surface area (Å²) < 4.78 is 34.6. The summed E-state index contributed by atoms with van der Waals surface area (Å²) in [6.07, 6.45) is 1.59. The molecule has 1 aromatic carbocycles. The summed E-state index contributed by atoms with van der Waals surface area (Å²) in [5.41, 5.74) is 1.21. The molecule has 0 radical (unpaired) electrons. The molecule has 0 amide bonds. The lowest BCUT2D eigenvalue weighted by molar-refractivity contribution is 0.0177. The molecule has 23 heavy (non-hydrogen) atoms. The molecule has 1 unspecified atom stereocenters. The first kappa shape index (κ1) is 18.4. The number of nitrogens with zero attached hydrogens (tertiary/aromatic N) is 1. The van der Waals surface area contributed by atoms with Crippen LogP contribution in [0.15, 0.2) is 30.3 Å². The Balaban J connectivity index is 1.98. The number of ether oxygens (including phenoxy) is 1. The summed E-state index contributed by atoms with van der Waals surface area (Å²) in [4.78, 5) is 2.30. The van der Waals surface area contributed by atoms with Crippen molar-refractivity contribution in [2.75, 3.05) is 39.4 Å². The normalized spacial score (nSPS) is 18.0. The van der Waals surface area contributed by atoms with E-state index in [0.717, 1.165) is 25.9 Å². The fraction of sp³-hybridized carbons (Fsp3) is 0.625. The van der Waals surface area contributed by atoms with Gasteiger partial charge in [-0.15, -0.1) is 0 Å². The van der Waals surface area contributed by atoms with Gasteiger partial charge in [0.2, 0.25) is 0 Å². The third-order valence-electron chi connectivity index (χ3n) is 3.93. The van der Waals surface area contributed by atoms with Gasteiger partial charge in [-0.1, -0.05) is 37.3 Å². The van der Waals surface area contributed by atoms with Crippen molar-refractivity contribution in [1.82, 2.24) is 14.3 Å². The number of rotatable bonds is 9. The Morgan fingerprint density at radius 1 is 1.17 bits per heavy atom. The zero-order valence-electron chi connectivity index (χ0n) is 13.7. The van der Waals surface area contributed by atoms with E-state index in [0.29, 0.717) is 26.3 Å². The smallest absolute Gasteiger partial charge is 0.276 e. The molecule has 1 fully saturated rings. The van der Waals surface area contributed by atoms with Gasteiger partial charge >= 0.3 is 0 Å². The minimum atomic E-state index is -3.43. The molecule has 1 atom stereocenters. The Kier molecular flexibility index (Phi) is 7.45. The molecule has 6 nitrogen and oxygen atoms in total. The largest absolute Gasteiger partial charge is 0.379 e. The van der Waals surface area contributed by atoms with Crippen molar-refractivity contribution in [2.24, 2.45) is 0 Å². The van der Waals surface area contributed by atoms with Crippen molar-refractivity contribution >= 4 is 10.2 Å². The first-order valence-electron chi connectivity index (χ1n) is 8.20. The van der Waals surface area contributed by atoms with Gasteiger partial charge in [-0.05, 0) is 18.4 Å². The standard InChI is InChI=1S/C16H27N3O3S/c1-2-8-17-23(20,21)18-14-16(19-9-11-22-12-10-19)13-15-6-4-3-5-7-15/h3-7,16-18H,2,8-14H2,1H3. The number of morpholine rings is 1. The van der Waals surface area contributed by atoms with E-state index in [9.17, 15) is 8.42 Å². The van der Waals surface area contributed by atoms with Crippen molar-refractivity contribution in [3.8, 4) is 0 Å². The van der Waals surface area contributed by atoms with Crippen molar-refractivity contribution in [3.05, 3.63) is 35.9 Å². The van der Waals surface area contributed by atoms with Crippen LogP contribution >= 0.6 is 0 Å². The SMILES string of the molecule is CCCNS(=O)(=O)NCC(Cc1ccccc1)N1CCOCC1. The molecule has 1 aromatic rings. The third-order valence-corrected chi connectivity index (χ3v) is 5.06. The summed E-state index contributed by atoms with van der Waals surface area (Å²) in [5.74, 6) is 0. The minimum absolute atomic E-state index is 0.125. The topological polar surface area (TPSA) is 70.7 Å². The second-order valence-corrected chi connectivity index (χ2v) is 7.32. The number of hydrogen-bond acceptors (Lipinski definition) is 4. The lowest BCUT2D eigenvalue weighted by atomic mass is 10.0. The monoisotopic (exact) mass is 341 g/mol. The molecule has 7 heteroatoms. The van der Waals surface area contributed by atoms with Crippen LogP contribution in [0, 0.1) is 0 Å². The maximum Gasteiger partial charge on any atom is 0.276 e. The van der Waals surface area contributed by atoms with Crippen LogP contribution in [0.3, 0.4) is 0 Å². The first-order valence-corrected chi connectivity index (χ1v) is 9.69. The van der Waals surface area contributed by atoms with Crippen molar-refractivity contribution in [2.45, 2.75) is 25.8 Å². The molecule has 1 aliphatic heterocycles. The van der Waals surface area contributed by atoms with Gasteiger partial charge in [0.1, 0.15) is 0 Å². The Morgan fingerprint density at radius 3 is 2.52 bits per heavy atom. The molecule has 0 saturated carbocycles. The average Bonchev–Trinajstić information content (AvgIpc) is 2.58. The Morgan fingerprint density at radius 2 is 1.87 bits per heavy atom. The van der Waals surface area contributed by atoms with Gasteiger partial charge < -0.3 is 4.74 Å². The quantitative estimate of drug-likeness (QED) is 0.696. The van der Waals surface area contributed by atoms with E-state index in [2.05, 4.69) is 26.5 Å². The van der Waals surface area contributed by atoms with E-state index in [4.69, 9.17) is 4.74 Å². The summed E-state index contributed by atoms with van der Waals surface area (Å²) in [6, 6.07) is 10.3. The molecule has 1 saturated heterocycles. The van der Waals surface area contributed by atoms with Gasteiger partial charge in [-0.2, -0.15) is 8.42 Å². The van der Waals surface area contributed by atoms with Crippen molar-refractivity contribution < 1.29 is 13.2 Å². The maximum absolute atomic E-state index is 12.0. The highest BCUT2D eigenvalue weighted by molar-refractivity contribution is 7.87. The zero-order valence-corrected chi connectivity index (χ0v) is 14.5. The van der Waals surface area contributed by atoms with E-state index in [-0.39, 0.29) is 6.04 Å². The van der Waals surface area contributed by atoms with E-state index in [1.165, 1.54) is 5.56 Å². The van der Waals surface area contributed by atoms with Crippen LogP contribution in [0.4, 0.5) is 0 Å². The van der Waals surface area contributed by atoms with Gasteiger partial charge in [-0.3, -0.25) is 4.90 Å². The molecule has 0 bridgehead atoms. The van der Waals surface area contributed by atoms with Crippen molar-refractivity contribution in [3.63, 3.8) is 0 Å². The van der Waals surface area contributed by atoms with Crippen LogP contribution in [0.25, 0.3) is 0 Å². The Hall–Kier alpha value is -0.990. The van der Waals surface area contributed by atoms with Gasteiger partial charge in [0, 0.05) is 32.2 Å². The minimum Gasteiger partial charge on any atom is -0.379 e. The average molecular weight is 341 g/mol. The van der Waals surface area contributed by atoms with Crippen LogP contribution in [0.1, 0.15) is 18.9 Å². The molecular weight excluding hydrogens is 314 g/mol.